The fourth-order valence-electron chi connectivity index (χ4n) is 3.15. The maximum absolute atomic E-state index is 13.5. The second kappa shape index (κ2) is 8.14. The van der Waals surface area contributed by atoms with Crippen LogP contribution in [-0.4, -0.2) is 27.9 Å². The van der Waals surface area contributed by atoms with Gasteiger partial charge in [0, 0.05) is 12.2 Å². The van der Waals surface area contributed by atoms with Crippen molar-refractivity contribution in [2.24, 2.45) is 5.92 Å². The van der Waals surface area contributed by atoms with Gasteiger partial charge in [-0.3, -0.25) is 9.69 Å². The second-order valence-corrected chi connectivity index (χ2v) is 6.43. The SMILES string of the molecule is CC1C(C(O)c2cccc(F)c2)C(=O)C=CN1C(=O)OCc1ccccc1. The lowest BCUT2D eigenvalue weighted by Gasteiger charge is -2.36. The summed E-state index contributed by atoms with van der Waals surface area (Å²) in [5.74, 6) is -1.75. The minimum atomic E-state index is -1.24. The topological polar surface area (TPSA) is 66.8 Å². The summed E-state index contributed by atoms with van der Waals surface area (Å²) < 4.78 is 18.8. The van der Waals surface area contributed by atoms with Crippen molar-refractivity contribution in [1.82, 2.24) is 4.90 Å². The average molecular weight is 369 g/mol. The van der Waals surface area contributed by atoms with Crippen LogP contribution in [0.5, 0.6) is 0 Å². The van der Waals surface area contributed by atoms with Crippen LogP contribution in [0.4, 0.5) is 9.18 Å². The summed E-state index contributed by atoms with van der Waals surface area (Å²) in [6, 6.07) is 14.0. The number of rotatable bonds is 4. The lowest BCUT2D eigenvalue weighted by atomic mass is 9.84. The summed E-state index contributed by atoms with van der Waals surface area (Å²) in [6.07, 6.45) is 0.732. The summed E-state index contributed by atoms with van der Waals surface area (Å²) in [6.45, 7) is 1.75. The van der Waals surface area contributed by atoms with Crippen molar-refractivity contribution in [1.29, 1.82) is 0 Å². The minimum absolute atomic E-state index is 0.0990. The third-order valence-corrected chi connectivity index (χ3v) is 4.63. The number of aliphatic hydroxyl groups excluding tert-OH is 1. The minimum Gasteiger partial charge on any atom is -0.444 e. The summed E-state index contributed by atoms with van der Waals surface area (Å²) in [5.41, 5.74) is 1.13. The smallest absolute Gasteiger partial charge is 0.414 e. The van der Waals surface area contributed by atoms with Gasteiger partial charge in [-0.25, -0.2) is 9.18 Å². The van der Waals surface area contributed by atoms with E-state index >= 15 is 0 Å². The molecule has 5 nitrogen and oxygen atoms in total. The number of hydrogen-bond donors (Lipinski definition) is 1. The quantitative estimate of drug-likeness (QED) is 0.894. The van der Waals surface area contributed by atoms with Crippen molar-refractivity contribution in [3.8, 4) is 0 Å². The van der Waals surface area contributed by atoms with E-state index in [1.54, 1.807) is 13.0 Å². The van der Waals surface area contributed by atoms with Crippen molar-refractivity contribution in [2.75, 3.05) is 0 Å². The molecule has 3 atom stereocenters. The van der Waals surface area contributed by atoms with Crippen LogP contribution in [0.3, 0.4) is 0 Å². The van der Waals surface area contributed by atoms with Crippen molar-refractivity contribution in [3.05, 3.63) is 83.8 Å². The number of ether oxygens (including phenoxy) is 1. The standard InChI is InChI=1S/C21H20FNO4/c1-14-19(20(25)16-8-5-9-17(22)12-16)18(24)10-11-23(14)21(26)27-13-15-6-3-2-4-7-15/h2-12,14,19-20,25H,13H2,1H3. The number of carbonyl (C=O) groups is 2. The zero-order valence-electron chi connectivity index (χ0n) is 14.8. The highest BCUT2D eigenvalue weighted by molar-refractivity contribution is 5.94. The van der Waals surface area contributed by atoms with Crippen LogP contribution in [0.2, 0.25) is 0 Å². The summed E-state index contributed by atoms with van der Waals surface area (Å²) in [7, 11) is 0. The number of ketones is 1. The molecule has 140 valence electrons. The van der Waals surface area contributed by atoms with Crippen LogP contribution in [0, 0.1) is 11.7 Å². The van der Waals surface area contributed by atoms with Gasteiger partial charge < -0.3 is 9.84 Å². The van der Waals surface area contributed by atoms with E-state index in [0.717, 1.165) is 5.56 Å². The Bertz CT molecular complexity index is 852. The molecule has 2 aromatic rings. The molecule has 2 aromatic carbocycles. The first-order valence-corrected chi connectivity index (χ1v) is 8.62. The van der Waals surface area contributed by atoms with Crippen molar-refractivity contribution < 1.29 is 23.8 Å². The van der Waals surface area contributed by atoms with E-state index in [1.807, 2.05) is 30.3 Å². The molecule has 0 bridgehead atoms. The van der Waals surface area contributed by atoms with Gasteiger partial charge in [-0.05, 0) is 36.3 Å². The van der Waals surface area contributed by atoms with Gasteiger partial charge >= 0.3 is 6.09 Å². The number of hydrogen-bond acceptors (Lipinski definition) is 4. The van der Waals surface area contributed by atoms with Gasteiger partial charge in [0.1, 0.15) is 12.4 Å². The third-order valence-electron chi connectivity index (χ3n) is 4.63. The number of halogens is 1. The molecule has 1 aliphatic rings. The second-order valence-electron chi connectivity index (χ2n) is 6.43. The number of benzene rings is 2. The van der Waals surface area contributed by atoms with Crippen LogP contribution in [-0.2, 0) is 16.1 Å². The fourth-order valence-corrected chi connectivity index (χ4v) is 3.15. The molecule has 27 heavy (non-hydrogen) atoms. The van der Waals surface area contributed by atoms with Gasteiger partial charge in [0.25, 0.3) is 0 Å². The van der Waals surface area contributed by atoms with E-state index in [-0.39, 0.29) is 18.0 Å². The molecule has 1 amide bonds. The van der Waals surface area contributed by atoms with E-state index in [1.165, 1.54) is 35.4 Å². The van der Waals surface area contributed by atoms with Gasteiger partial charge in [0.05, 0.1) is 12.0 Å². The molecule has 0 saturated carbocycles. The Morgan fingerprint density at radius 3 is 2.67 bits per heavy atom. The number of nitrogens with zero attached hydrogens (tertiary/aromatic N) is 1. The van der Waals surface area contributed by atoms with Crippen LogP contribution in [0.25, 0.3) is 0 Å². The molecule has 0 radical (unpaired) electrons. The van der Waals surface area contributed by atoms with Crippen LogP contribution < -0.4 is 0 Å². The Balaban J connectivity index is 1.73. The van der Waals surface area contributed by atoms with Gasteiger partial charge in [0.15, 0.2) is 5.78 Å². The first-order valence-electron chi connectivity index (χ1n) is 8.62. The van der Waals surface area contributed by atoms with E-state index in [2.05, 4.69) is 0 Å². The molecular formula is C21H20FNO4. The summed E-state index contributed by atoms with van der Waals surface area (Å²) in [4.78, 5) is 26.1. The molecule has 0 spiro atoms. The Kier molecular flexibility index (Phi) is 5.66. The van der Waals surface area contributed by atoms with Crippen molar-refractivity contribution >= 4 is 11.9 Å². The molecular weight excluding hydrogens is 349 g/mol. The first kappa shape index (κ1) is 18.8. The lowest BCUT2D eigenvalue weighted by molar-refractivity contribution is -0.125. The van der Waals surface area contributed by atoms with Crippen LogP contribution in [0.15, 0.2) is 66.9 Å². The highest BCUT2D eigenvalue weighted by Crippen LogP contribution is 2.32. The molecule has 0 aliphatic carbocycles. The van der Waals surface area contributed by atoms with Gasteiger partial charge in [0.2, 0.25) is 0 Å². The normalized spacial score (nSPS) is 20.4. The predicted octanol–water partition coefficient (Wildman–Crippen LogP) is 3.60. The maximum atomic E-state index is 13.5. The number of amides is 1. The van der Waals surface area contributed by atoms with Crippen molar-refractivity contribution in [3.63, 3.8) is 0 Å². The average Bonchev–Trinajstić information content (AvgIpc) is 2.67. The highest BCUT2D eigenvalue weighted by Gasteiger charge is 2.39. The van der Waals surface area contributed by atoms with E-state index in [9.17, 15) is 19.1 Å². The first-order chi connectivity index (χ1) is 13.0. The van der Waals surface area contributed by atoms with E-state index in [4.69, 9.17) is 4.74 Å². The molecule has 3 unspecified atom stereocenters. The van der Waals surface area contributed by atoms with Crippen molar-refractivity contribution in [2.45, 2.75) is 25.7 Å². The zero-order chi connectivity index (χ0) is 19.4. The van der Waals surface area contributed by atoms with Gasteiger partial charge in [-0.1, -0.05) is 42.5 Å². The fraction of sp³-hybridized carbons (Fsp3) is 0.238. The maximum Gasteiger partial charge on any atom is 0.414 e. The predicted molar refractivity (Wildman–Crippen MR) is 96.9 cm³/mol. The Labute approximate surface area is 156 Å². The lowest BCUT2D eigenvalue weighted by Crippen LogP contribution is -2.47. The highest BCUT2D eigenvalue weighted by atomic mass is 19.1. The molecule has 1 N–H and O–H groups in total. The Morgan fingerprint density at radius 2 is 1.96 bits per heavy atom. The molecule has 0 aromatic heterocycles. The molecule has 6 heteroatoms. The largest absolute Gasteiger partial charge is 0.444 e. The Morgan fingerprint density at radius 1 is 1.22 bits per heavy atom. The molecule has 0 saturated heterocycles. The zero-order valence-corrected chi connectivity index (χ0v) is 14.8. The third kappa shape index (κ3) is 4.23. The summed E-state index contributed by atoms with van der Waals surface area (Å²) in [5, 5.41) is 10.6. The number of allylic oxidation sites excluding steroid dienone is 1. The van der Waals surface area contributed by atoms with Gasteiger partial charge in [-0.2, -0.15) is 0 Å². The number of carbonyl (C=O) groups excluding carboxylic acids is 2. The molecule has 3 rings (SSSR count). The summed E-state index contributed by atoms with van der Waals surface area (Å²) >= 11 is 0. The monoisotopic (exact) mass is 369 g/mol. The van der Waals surface area contributed by atoms with Gasteiger partial charge in [-0.15, -0.1) is 0 Å². The Hall–Kier alpha value is -2.99. The molecule has 0 fully saturated rings. The van der Waals surface area contributed by atoms with E-state index < -0.39 is 30.0 Å². The number of aliphatic hydroxyl groups is 1. The molecule has 1 heterocycles. The van der Waals surface area contributed by atoms with Crippen LogP contribution >= 0.6 is 0 Å². The van der Waals surface area contributed by atoms with Crippen LogP contribution in [0.1, 0.15) is 24.2 Å². The van der Waals surface area contributed by atoms with E-state index in [0.29, 0.717) is 0 Å². The molecule has 1 aliphatic heterocycles.